The molecule has 6 nitrogen and oxygen atoms in total. The Balaban J connectivity index is 1.56. The van der Waals surface area contributed by atoms with Gasteiger partial charge in [0.15, 0.2) is 0 Å². The number of urea groups is 1. The van der Waals surface area contributed by atoms with E-state index in [1.54, 1.807) is 0 Å². The Morgan fingerprint density at radius 3 is 2.20 bits per heavy atom. The van der Waals surface area contributed by atoms with Crippen molar-refractivity contribution in [3.63, 3.8) is 0 Å². The van der Waals surface area contributed by atoms with Gasteiger partial charge in [-0.1, -0.05) is 37.3 Å². The summed E-state index contributed by atoms with van der Waals surface area (Å²) in [5, 5.41) is 5.44. The Labute approximate surface area is 145 Å². The first kappa shape index (κ1) is 16.4. The molecule has 2 aromatic carbocycles. The lowest BCUT2D eigenvalue weighted by Gasteiger charge is -2.08. The van der Waals surface area contributed by atoms with Gasteiger partial charge in [0.25, 0.3) is 0 Å². The molecule has 3 rings (SSSR count). The number of nitrogens with zero attached hydrogens (tertiary/aromatic N) is 2. The monoisotopic (exact) mass is 334 g/mol. The van der Waals surface area contributed by atoms with E-state index >= 15 is 0 Å². The lowest BCUT2D eigenvalue weighted by molar-refractivity contribution is 0.262. The van der Waals surface area contributed by atoms with Crippen LogP contribution in [0.1, 0.15) is 12.5 Å². The third kappa shape index (κ3) is 4.78. The third-order valence-electron chi connectivity index (χ3n) is 3.46. The van der Waals surface area contributed by atoms with Gasteiger partial charge in [-0.2, -0.15) is 0 Å². The second-order valence-electron chi connectivity index (χ2n) is 5.30. The molecule has 0 saturated heterocycles. The van der Waals surface area contributed by atoms with Crippen molar-refractivity contribution in [2.45, 2.75) is 13.3 Å². The van der Waals surface area contributed by atoms with Gasteiger partial charge in [-0.15, -0.1) is 0 Å². The predicted molar refractivity (Wildman–Crippen MR) is 97.0 cm³/mol. The number of para-hydroxylation sites is 1. The Kier molecular flexibility index (Phi) is 5.21. The number of amides is 2. The minimum atomic E-state index is -0.357. The molecular weight excluding hydrogens is 316 g/mol. The zero-order valence-corrected chi connectivity index (χ0v) is 13.8. The van der Waals surface area contributed by atoms with Crippen molar-refractivity contribution in [3.8, 4) is 11.8 Å². The largest absolute Gasteiger partial charge is 0.424 e. The van der Waals surface area contributed by atoms with Gasteiger partial charge in [-0.05, 0) is 36.2 Å². The zero-order chi connectivity index (χ0) is 17.5. The first-order chi connectivity index (χ1) is 12.2. The Morgan fingerprint density at radius 2 is 1.56 bits per heavy atom. The minimum absolute atomic E-state index is 0.215. The number of carbonyl (C=O) groups is 1. The average Bonchev–Trinajstić information content (AvgIpc) is 2.65. The van der Waals surface area contributed by atoms with Crippen molar-refractivity contribution in [2.24, 2.45) is 0 Å². The maximum absolute atomic E-state index is 12.0. The maximum Gasteiger partial charge on any atom is 0.323 e. The first-order valence-electron chi connectivity index (χ1n) is 7.95. The molecule has 0 saturated carbocycles. The normalized spacial score (nSPS) is 10.1. The van der Waals surface area contributed by atoms with Gasteiger partial charge in [0, 0.05) is 5.69 Å². The van der Waals surface area contributed by atoms with Crippen LogP contribution in [0.4, 0.5) is 16.2 Å². The number of anilines is 2. The molecule has 0 radical (unpaired) electrons. The van der Waals surface area contributed by atoms with E-state index < -0.39 is 0 Å². The van der Waals surface area contributed by atoms with E-state index in [-0.39, 0.29) is 12.0 Å². The van der Waals surface area contributed by atoms with Crippen LogP contribution in [0.15, 0.2) is 67.0 Å². The molecule has 3 aromatic rings. The molecule has 126 valence electrons. The molecular formula is C19H18N4O2. The molecule has 6 heteroatoms. The Bertz CT molecular complexity index is 818. The topological polar surface area (TPSA) is 76.1 Å². The van der Waals surface area contributed by atoms with E-state index in [4.69, 9.17) is 4.74 Å². The fraction of sp³-hybridized carbons (Fsp3) is 0.105. The van der Waals surface area contributed by atoms with E-state index in [0.29, 0.717) is 11.4 Å². The van der Waals surface area contributed by atoms with Crippen molar-refractivity contribution in [2.75, 3.05) is 10.6 Å². The average molecular weight is 334 g/mol. The summed E-state index contributed by atoms with van der Waals surface area (Å²) in [5.41, 5.74) is 2.41. The van der Waals surface area contributed by atoms with Crippen LogP contribution in [0.25, 0.3) is 0 Å². The third-order valence-corrected chi connectivity index (χ3v) is 3.46. The second kappa shape index (κ2) is 7.92. The van der Waals surface area contributed by atoms with Crippen molar-refractivity contribution < 1.29 is 9.53 Å². The lowest BCUT2D eigenvalue weighted by Crippen LogP contribution is -2.19. The highest BCUT2D eigenvalue weighted by Crippen LogP contribution is 2.17. The molecule has 0 fully saturated rings. The summed E-state index contributed by atoms with van der Waals surface area (Å²) >= 11 is 0. The minimum Gasteiger partial charge on any atom is -0.424 e. The van der Waals surface area contributed by atoms with Crippen LogP contribution in [0, 0.1) is 0 Å². The van der Waals surface area contributed by atoms with E-state index in [0.717, 1.165) is 12.1 Å². The smallest absolute Gasteiger partial charge is 0.323 e. The van der Waals surface area contributed by atoms with Gasteiger partial charge in [0.05, 0.1) is 18.1 Å². The Morgan fingerprint density at radius 1 is 0.920 bits per heavy atom. The highest BCUT2D eigenvalue weighted by molar-refractivity contribution is 5.99. The number of benzene rings is 2. The summed E-state index contributed by atoms with van der Waals surface area (Å²) in [5.74, 6) is 0.650. The molecule has 1 aromatic heterocycles. The van der Waals surface area contributed by atoms with Gasteiger partial charge < -0.3 is 15.4 Å². The molecule has 0 unspecified atom stereocenters. The van der Waals surface area contributed by atoms with Crippen molar-refractivity contribution in [1.82, 2.24) is 9.97 Å². The van der Waals surface area contributed by atoms with E-state index in [2.05, 4.69) is 27.5 Å². The van der Waals surface area contributed by atoms with E-state index in [9.17, 15) is 4.79 Å². The van der Waals surface area contributed by atoms with Crippen LogP contribution < -0.4 is 15.4 Å². The first-order valence-corrected chi connectivity index (χ1v) is 7.95. The number of rotatable bonds is 5. The molecule has 0 bridgehead atoms. The molecule has 0 atom stereocenters. The fourth-order valence-corrected chi connectivity index (χ4v) is 2.14. The van der Waals surface area contributed by atoms with Crippen LogP contribution in [0.5, 0.6) is 11.8 Å². The number of aryl methyl sites for hydroxylation is 1. The fourth-order valence-electron chi connectivity index (χ4n) is 2.14. The van der Waals surface area contributed by atoms with Gasteiger partial charge in [0.1, 0.15) is 5.75 Å². The van der Waals surface area contributed by atoms with Crippen LogP contribution >= 0.6 is 0 Å². The zero-order valence-electron chi connectivity index (χ0n) is 13.8. The maximum atomic E-state index is 12.0. The number of aromatic nitrogens is 2. The van der Waals surface area contributed by atoms with Crippen molar-refractivity contribution in [1.29, 1.82) is 0 Å². The molecule has 2 amide bonds. The van der Waals surface area contributed by atoms with E-state index in [1.807, 2.05) is 54.6 Å². The molecule has 0 aliphatic heterocycles. The molecule has 25 heavy (non-hydrogen) atoms. The van der Waals surface area contributed by atoms with Gasteiger partial charge in [-0.25, -0.2) is 14.8 Å². The summed E-state index contributed by atoms with van der Waals surface area (Å²) in [7, 11) is 0. The highest BCUT2D eigenvalue weighted by atomic mass is 16.5. The number of carbonyl (C=O) groups excluding carboxylic acids is 1. The molecule has 0 aliphatic rings. The van der Waals surface area contributed by atoms with E-state index in [1.165, 1.54) is 18.0 Å². The number of nitrogens with one attached hydrogen (secondary N) is 2. The van der Waals surface area contributed by atoms with Gasteiger partial charge in [0.2, 0.25) is 0 Å². The summed E-state index contributed by atoms with van der Waals surface area (Å²) < 4.78 is 5.51. The predicted octanol–water partition coefficient (Wildman–Crippen LogP) is 4.48. The quantitative estimate of drug-likeness (QED) is 0.721. The summed E-state index contributed by atoms with van der Waals surface area (Å²) in [6.07, 6.45) is 3.94. The second-order valence-corrected chi connectivity index (χ2v) is 5.30. The summed E-state index contributed by atoms with van der Waals surface area (Å²) in [6, 6.07) is 16.8. The van der Waals surface area contributed by atoms with Crippen LogP contribution in [0.3, 0.4) is 0 Å². The highest BCUT2D eigenvalue weighted by Gasteiger charge is 2.05. The van der Waals surface area contributed by atoms with Crippen molar-refractivity contribution in [3.05, 3.63) is 72.6 Å². The Hall–Kier alpha value is -3.41. The molecule has 2 N–H and O–H groups in total. The summed E-state index contributed by atoms with van der Waals surface area (Å²) in [4.78, 5) is 20.2. The van der Waals surface area contributed by atoms with Crippen LogP contribution in [0.2, 0.25) is 0 Å². The number of hydrogen-bond donors (Lipinski definition) is 2. The number of hydrogen-bond acceptors (Lipinski definition) is 4. The lowest BCUT2D eigenvalue weighted by atomic mass is 10.1. The van der Waals surface area contributed by atoms with Crippen LogP contribution in [-0.2, 0) is 6.42 Å². The van der Waals surface area contributed by atoms with Crippen molar-refractivity contribution >= 4 is 17.4 Å². The van der Waals surface area contributed by atoms with Gasteiger partial charge in [-0.3, -0.25) is 0 Å². The summed E-state index contributed by atoms with van der Waals surface area (Å²) in [6.45, 7) is 2.08. The molecule has 0 aliphatic carbocycles. The number of ether oxygens (including phenoxy) is 1. The van der Waals surface area contributed by atoms with Gasteiger partial charge >= 0.3 is 12.0 Å². The molecule has 0 spiro atoms. The SMILES string of the molecule is CCc1ccc(NC(=O)Nc2cnc(Oc3ccccc3)nc2)cc1. The molecule has 1 heterocycles. The standard InChI is InChI=1S/C19H18N4O2/c1-2-14-8-10-15(11-9-14)22-18(24)23-16-12-20-19(21-13-16)25-17-6-4-3-5-7-17/h3-13H,2H2,1H3,(H2,22,23,24). The van der Waals surface area contributed by atoms with Crippen LogP contribution in [-0.4, -0.2) is 16.0 Å².